The van der Waals surface area contributed by atoms with Crippen LogP contribution in [0.4, 0.5) is 5.95 Å². The maximum atomic E-state index is 4.44. The fourth-order valence-corrected chi connectivity index (χ4v) is 2.35. The van der Waals surface area contributed by atoms with Crippen LogP contribution in [-0.4, -0.2) is 27.9 Å². The Balaban J connectivity index is 1.71. The van der Waals surface area contributed by atoms with E-state index in [9.17, 15) is 0 Å². The number of hydrogen-bond acceptors (Lipinski definition) is 3. The van der Waals surface area contributed by atoms with Crippen LogP contribution in [0, 0.1) is 6.92 Å². The molecule has 0 amide bonds. The average Bonchev–Trinajstić information content (AvgIpc) is 2.58. The fourth-order valence-electron chi connectivity index (χ4n) is 2.35. The van der Waals surface area contributed by atoms with Gasteiger partial charge in [-0.1, -0.05) is 30.3 Å². The van der Waals surface area contributed by atoms with Crippen molar-refractivity contribution < 1.29 is 0 Å². The zero-order valence-corrected chi connectivity index (χ0v) is 10.2. The Kier molecular flexibility index (Phi) is 2.35. The third kappa shape index (κ3) is 1.79. The van der Waals surface area contributed by atoms with Crippen LogP contribution in [0.25, 0.3) is 0 Å². The minimum atomic E-state index is 0.633. The van der Waals surface area contributed by atoms with E-state index in [0.717, 1.165) is 24.9 Å². The van der Waals surface area contributed by atoms with Gasteiger partial charge < -0.3 is 4.90 Å². The van der Waals surface area contributed by atoms with E-state index in [1.165, 1.54) is 5.56 Å². The van der Waals surface area contributed by atoms with Gasteiger partial charge >= 0.3 is 0 Å². The molecule has 1 aromatic carbocycles. The Morgan fingerprint density at radius 3 is 2.47 bits per heavy atom. The molecule has 0 N–H and O–H groups in total. The summed E-state index contributed by atoms with van der Waals surface area (Å²) in [6.07, 6.45) is 0. The van der Waals surface area contributed by atoms with E-state index in [0.29, 0.717) is 5.92 Å². The quantitative estimate of drug-likeness (QED) is 0.785. The molecule has 1 saturated heterocycles. The largest absolute Gasteiger partial charge is 0.340 e. The van der Waals surface area contributed by atoms with Crippen molar-refractivity contribution >= 4 is 5.95 Å². The number of anilines is 1. The van der Waals surface area contributed by atoms with Gasteiger partial charge in [-0.15, -0.1) is 0 Å². The number of aromatic nitrogens is 3. The highest BCUT2D eigenvalue weighted by Gasteiger charge is 2.30. The van der Waals surface area contributed by atoms with E-state index in [2.05, 4.69) is 45.3 Å². The van der Waals surface area contributed by atoms with Gasteiger partial charge in [0.15, 0.2) is 0 Å². The molecular weight excluding hydrogens is 212 g/mol. The summed E-state index contributed by atoms with van der Waals surface area (Å²) in [6, 6.07) is 10.7. The second-order valence-corrected chi connectivity index (χ2v) is 4.60. The Hall–Kier alpha value is -1.84. The molecule has 1 aromatic heterocycles. The summed E-state index contributed by atoms with van der Waals surface area (Å²) in [4.78, 5) is 6.71. The molecule has 88 valence electrons. The molecule has 1 aliphatic heterocycles. The smallest absolute Gasteiger partial charge is 0.223 e. The molecule has 1 aliphatic rings. The molecule has 0 aliphatic carbocycles. The van der Waals surface area contributed by atoms with E-state index in [1.54, 1.807) is 0 Å². The molecule has 0 spiro atoms. The summed E-state index contributed by atoms with van der Waals surface area (Å²) < 4.78 is 1.86. The van der Waals surface area contributed by atoms with Gasteiger partial charge in [0.05, 0.1) is 0 Å². The lowest BCUT2D eigenvalue weighted by molar-refractivity contribution is 0.503. The van der Waals surface area contributed by atoms with Crippen LogP contribution in [0.1, 0.15) is 17.3 Å². The molecule has 4 nitrogen and oxygen atoms in total. The highest BCUT2D eigenvalue weighted by molar-refractivity contribution is 5.40. The minimum absolute atomic E-state index is 0.633. The molecule has 1 fully saturated rings. The molecule has 17 heavy (non-hydrogen) atoms. The molecule has 3 rings (SSSR count). The zero-order valence-electron chi connectivity index (χ0n) is 10.2. The van der Waals surface area contributed by atoms with Crippen molar-refractivity contribution in [3.8, 4) is 0 Å². The predicted molar refractivity (Wildman–Crippen MR) is 67.1 cm³/mol. The molecule has 0 unspecified atom stereocenters. The van der Waals surface area contributed by atoms with Crippen molar-refractivity contribution in [3.63, 3.8) is 0 Å². The van der Waals surface area contributed by atoms with E-state index in [1.807, 2.05) is 18.7 Å². The summed E-state index contributed by atoms with van der Waals surface area (Å²) in [6.45, 7) is 4.00. The standard InChI is InChI=1S/C13H16N4/c1-10-14-13(16(2)15-10)17-8-12(9-17)11-6-4-3-5-7-11/h3-7,12H,8-9H2,1-2H3. The fraction of sp³-hybridized carbons (Fsp3) is 0.385. The first-order valence-corrected chi connectivity index (χ1v) is 5.91. The van der Waals surface area contributed by atoms with Crippen molar-refractivity contribution in [2.45, 2.75) is 12.8 Å². The zero-order chi connectivity index (χ0) is 11.8. The molecule has 0 saturated carbocycles. The summed E-state index contributed by atoms with van der Waals surface area (Å²) in [5, 5.41) is 4.28. The maximum Gasteiger partial charge on any atom is 0.223 e. The molecule has 2 heterocycles. The summed E-state index contributed by atoms with van der Waals surface area (Å²) in [7, 11) is 1.95. The SMILES string of the molecule is Cc1nc(N2CC(c3ccccc3)C2)n(C)n1. The van der Waals surface area contributed by atoms with Crippen molar-refractivity contribution in [2.24, 2.45) is 7.05 Å². The number of hydrogen-bond donors (Lipinski definition) is 0. The first kappa shape index (κ1) is 10.3. The van der Waals surface area contributed by atoms with E-state index in [4.69, 9.17) is 0 Å². The highest BCUT2D eigenvalue weighted by atomic mass is 15.4. The molecule has 0 radical (unpaired) electrons. The first-order chi connectivity index (χ1) is 8.24. The first-order valence-electron chi connectivity index (χ1n) is 5.91. The number of nitrogens with zero attached hydrogens (tertiary/aromatic N) is 4. The lowest BCUT2D eigenvalue weighted by Crippen LogP contribution is -2.46. The lowest BCUT2D eigenvalue weighted by atomic mass is 9.92. The van der Waals surface area contributed by atoms with Gasteiger partial charge in [0.2, 0.25) is 5.95 Å². The van der Waals surface area contributed by atoms with Gasteiger partial charge in [0, 0.05) is 26.1 Å². The molecule has 0 bridgehead atoms. The molecule has 2 aromatic rings. The van der Waals surface area contributed by atoms with Crippen LogP contribution < -0.4 is 4.90 Å². The highest BCUT2D eigenvalue weighted by Crippen LogP contribution is 2.29. The Labute approximate surface area is 101 Å². The van der Waals surface area contributed by atoms with Gasteiger partial charge in [0.1, 0.15) is 5.82 Å². The second kappa shape index (κ2) is 3.87. The predicted octanol–water partition coefficient (Wildman–Crippen LogP) is 1.73. The van der Waals surface area contributed by atoms with Gasteiger partial charge in [-0.25, -0.2) is 4.68 Å². The van der Waals surface area contributed by atoms with Gasteiger partial charge in [-0.3, -0.25) is 0 Å². The third-order valence-corrected chi connectivity index (χ3v) is 3.28. The normalized spacial score (nSPS) is 16.0. The third-order valence-electron chi connectivity index (χ3n) is 3.28. The molecule has 0 atom stereocenters. The van der Waals surface area contributed by atoms with E-state index >= 15 is 0 Å². The average molecular weight is 228 g/mol. The van der Waals surface area contributed by atoms with Gasteiger partial charge in [-0.2, -0.15) is 10.1 Å². The summed E-state index contributed by atoms with van der Waals surface area (Å²) in [5.74, 6) is 2.45. The summed E-state index contributed by atoms with van der Waals surface area (Å²) in [5.41, 5.74) is 1.42. The van der Waals surface area contributed by atoms with Crippen LogP contribution in [0.15, 0.2) is 30.3 Å². The Morgan fingerprint density at radius 1 is 1.18 bits per heavy atom. The van der Waals surface area contributed by atoms with Crippen LogP contribution in [0.2, 0.25) is 0 Å². The maximum absolute atomic E-state index is 4.44. The lowest BCUT2D eigenvalue weighted by Gasteiger charge is -2.39. The van der Waals surface area contributed by atoms with Crippen LogP contribution >= 0.6 is 0 Å². The molecule has 4 heteroatoms. The van der Waals surface area contributed by atoms with Crippen LogP contribution in [0.3, 0.4) is 0 Å². The number of benzene rings is 1. The second-order valence-electron chi connectivity index (χ2n) is 4.60. The molecular formula is C13H16N4. The van der Waals surface area contributed by atoms with E-state index in [-0.39, 0.29) is 0 Å². The van der Waals surface area contributed by atoms with Crippen LogP contribution in [-0.2, 0) is 7.05 Å². The van der Waals surface area contributed by atoms with Crippen molar-refractivity contribution in [1.29, 1.82) is 0 Å². The summed E-state index contributed by atoms with van der Waals surface area (Å²) >= 11 is 0. The van der Waals surface area contributed by atoms with Gasteiger partial charge in [0.25, 0.3) is 0 Å². The van der Waals surface area contributed by atoms with Crippen molar-refractivity contribution in [1.82, 2.24) is 14.8 Å². The van der Waals surface area contributed by atoms with Gasteiger partial charge in [-0.05, 0) is 12.5 Å². The number of rotatable bonds is 2. The van der Waals surface area contributed by atoms with Crippen molar-refractivity contribution in [2.75, 3.05) is 18.0 Å². The Bertz CT molecular complexity index is 511. The topological polar surface area (TPSA) is 34.0 Å². The van der Waals surface area contributed by atoms with Crippen LogP contribution in [0.5, 0.6) is 0 Å². The Morgan fingerprint density at radius 2 is 1.88 bits per heavy atom. The monoisotopic (exact) mass is 228 g/mol. The van der Waals surface area contributed by atoms with Crippen molar-refractivity contribution in [3.05, 3.63) is 41.7 Å². The van der Waals surface area contributed by atoms with E-state index < -0.39 is 0 Å². The minimum Gasteiger partial charge on any atom is -0.340 e. The number of aryl methyl sites for hydroxylation is 2.